The van der Waals surface area contributed by atoms with Crippen LogP contribution < -0.4 is 10.9 Å². The highest BCUT2D eigenvalue weighted by Gasteiger charge is 2.24. The maximum atomic E-state index is 12.8. The van der Waals surface area contributed by atoms with Crippen LogP contribution >= 0.6 is 0 Å². The second-order valence-electron chi connectivity index (χ2n) is 7.55. The monoisotopic (exact) mass is 380 g/mol. The van der Waals surface area contributed by atoms with Gasteiger partial charge in [-0.1, -0.05) is 19.6 Å². The smallest absolute Gasteiger partial charge is 0.339 e. The zero-order valence-electron chi connectivity index (χ0n) is 15.2. The number of hydrogen-bond acceptors (Lipinski definition) is 6. The van der Waals surface area contributed by atoms with Gasteiger partial charge in [-0.2, -0.15) is 5.10 Å². The quantitative estimate of drug-likeness (QED) is 0.550. The van der Waals surface area contributed by atoms with Crippen LogP contribution in [0.4, 0.5) is 0 Å². The van der Waals surface area contributed by atoms with E-state index in [0.29, 0.717) is 19.9 Å². The Morgan fingerprint density at radius 3 is 2.88 bits per heavy atom. The van der Waals surface area contributed by atoms with E-state index in [9.17, 15) is 14.7 Å². The van der Waals surface area contributed by atoms with E-state index in [1.807, 2.05) is 0 Å². The Hall–Kier alpha value is -2.01. The maximum Gasteiger partial charge on any atom is 0.339 e. The van der Waals surface area contributed by atoms with Gasteiger partial charge in [0.1, 0.15) is 18.5 Å². The molecular formula is C16H24N4O5Si. The first-order valence-corrected chi connectivity index (χ1v) is 12.2. The van der Waals surface area contributed by atoms with Crippen LogP contribution in [0.3, 0.4) is 0 Å². The second kappa shape index (κ2) is 7.31. The molecule has 1 atom stereocenters. The molecule has 1 aliphatic heterocycles. The van der Waals surface area contributed by atoms with Crippen LogP contribution in [0.2, 0.25) is 25.7 Å². The van der Waals surface area contributed by atoms with Crippen LogP contribution in [-0.4, -0.2) is 53.4 Å². The van der Waals surface area contributed by atoms with Gasteiger partial charge in [-0.3, -0.25) is 14.7 Å². The van der Waals surface area contributed by atoms with E-state index in [1.165, 1.54) is 21.6 Å². The standard InChI is InChI=1S/C16H24N4O5Si/c1-26(2,3)5-4-24-10-20-14-11(6-18-20)15(21)19(7-12(14)16(22)23)13-8-25-9-17-13/h6-7,13,17H,4-5,8-10H2,1-3H3,(H,22,23). The van der Waals surface area contributed by atoms with E-state index >= 15 is 0 Å². The van der Waals surface area contributed by atoms with Gasteiger partial charge < -0.3 is 14.6 Å². The lowest BCUT2D eigenvalue weighted by molar-refractivity contribution is 0.0692. The average Bonchev–Trinajstić information content (AvgIpc) is 3.21. The highest BCUT2D eigenvalue weighted by molar-refractivity contribution is 6.76. The number of aromatic nitrogens is 3. The Morgan fingerprint density at radius 2 is 2.27 bits per heavy atom. The van der Waals surface area contributed by atoms with Gasteiger partial charge in [0.05, 0.1) is 30.4 Å². The molecule has 0 amide bonds. The Kier molecular flexibility index (Phi) is 5.28. The number of nitrogens with one attached hydrogen (secondary N) is 1. The summed E-state index contributed by atoms with van der Waals surface area (Å²) in [6.07, 6.45) is 2.36. The van der Waals surface area contributed by atoms with Crippen molar-refractivity contribution in [1.29, 1.82) is 0 Å². The summed E-state index contributed by atoms with van der Waals surface area (Å²) in [5.41, 5.74) is -0.00776. The molecule has 1 saturated heterocycles. The van der Waals surface area contributed by atoms with Crippen LogP contribution in [0.25, 0.3) is 10.9 Å². The fourth-order valence-electron chi connectivity index (χ4n) is 2.80. The minimum Gasteiger partial charge on any atom is -0.478 e. The van der Waals surface area contributed by atoms with E-state index in [1.54, 1.807) is 0 Å². The van der Waals surface area contributed by atoms with Crippen molar-refractivity contribution in [3.63, 3.8) is 0 Å². The van der Waals surface area contributed by atoms with Crippen molar-refractivity contribution in [1.82, 2.24) is 19.7 Å². The third-order valence-corrected chi connectivity index (χ3v) is 6.00. The van der Waals surface area contributed by atoms with Crippen LogP contribution in [0, 0.1) is 0 Å². The largest absolute Gasteiger partial charge is 0.478 e. The molecule has 1 fully saturated rings. The number of rotatable bonds is 7. The highest BCUT2D eigenvalue weighted by atomic mass is 28.3. The average molecular weight is 380 g/mol. The molecule has 10 heteroatoms. The molecule has 26 heavy (non-hydrogen) atoms. The van der Waals surface area contributed by atoms with Crippen molar-refractivity contribution < 1.29 is 19.4 Å². The van der Waals surface area contributed by atoms with E-state index in [0.717, 1.165) is 6.04 Å². The predicted molar refractivity (Wildman–Crippen MR) is 98.0 cm³/mol. The second-order valence-corrected chi connectivity index (χ2v) is 13.2. The highest BCUT2D eigenvalue weighted by Crippen LogP contribution is 2.19. The number of hydrogen-bond donors (Lipinski definition) is 2. The topological polar surface area (TPSA) is 108 Å². The number of nitrogens with zero attached hydrogens (tertiary/aromatic N) is 3. The number of carboxylic acid groups (broad SMARTS) is 1. The zero-order valence-corrected chi connectivity index (χ0v) is 16.2. The molecule has 3 heterocycles. The zero-order chi connectivity index (χ0) is 18.9. The molecule has 9 nitrogen and oxygen atoms in total. The third-order valence-electron chi connectivity index (χ3n) is 4.30. The van der Waals surface area contributed by atoms with Crippen LogP contribution in [0.1, 0.15) is 16.5 Å². The Labute approximate surface area is 151 Å². The number of fused-ring (bicyclic) bond motifs is 1. The molecule has 1 aliphatic rings. The van der Waals surface area contributed by atoms with Crippen LogP contribution in [0.5, 0.6) is 0 Å². The molecule has 2 aromatic heterocycles. The molecule has 0 aliphatic carbocycles. The van der Waals surface area contributed by atoms with Gasteiger partial charge in [0.15, 0.2) is 0 Å². The van der Waals surface area contributed by atoms with Crippen molar-refractivity contribution in [3.8, 4) is 0 Å². The number of pyridine rings is 1. The normalized spacial score (nSPS) is 17.9. The van der Waals surface area contributed by atoms with Crippen molar-refractivity contribution in [2.24, 2.45) is 0 Å². The van der Waals surface area contributed by atoms with Gasteiger partial charge in [-0.05, 0) is 6.04 Å². The van der Waals surface area contributed by atoms with Gasteiger partial charge in [0.25, 0.3) is 5.56 Å². The Morgan fingerprint density at radius 1 is 1.50 bits per heavy atom. The first-order chi connectivity index (χ1) is 12.3. The van der Waals surface area contributed by atoms with E-state index in [-0.39, 0.29) is 34.9 Å². The molecular weight excluding hydrogens is 356 g/mol. The van der Waals surface area contributed by atoms with Crippen molar-refractivity contribution in [2.75, 3.05) is 19.9 Å². The maximum absolute atomic E-state index is 12.8. The van der Waals surface area contributed by atoms with Gasteiger partial charge in [-0.25, -0.2) is 9.48 Å². The van der Waals surface area contributed by atoms with Crippen molar-refractivity contribution in [3.05, 3.63) is 28.3 Å². The first-order valence-electron chi connectivity index (χ1n) is 8.51. The number of carboxylic acids is 1. The summed E-state index contributed by atoms with van der Waals surface area (Å²) < 4.78 is 13.7. The Balaban J connectivity index is 1.93. The summed E-state index contributed by atoms with van der Waals surface area (Å²) in [7, 11) is -1.21. The SMILES string of the molecule is C[Si](C)(C)CCOCn1ncc2c(=O)n(C3COCN3)cc(C(=O)O)c21. The molecule has 0 aromatic carbocycles. The number of ether oxygens (including phenoxy) is 2. The summed E-state index contributed by atoms with van der Waals surface area (Å²) in [5.74, 6) is -1.12. The fraction of sp³-hybridized carbons (Fsp3) is 0.562. The molecule has 0 radical (unpaired) electrons. The van der Waals surface area contributed by atoms with Gasteiger partial charge in [-0.15, -0.1) is 0 Å². The first kappa shape index (κ1) is 18.8. The summed E-state index contributed by atoms with van der Waals surface area (Å²) >= 11 is 0. The number of carbonyl (C=O) groups is 1. The van der Waals surface area contributed by atoms with Crippen molar-refractivity contribution in [2.45, 2.75) is 38.6 Å². The minimum atomic E-state index is -1.21. The summed E-state index contributed by atoms with van der Waals surface area (Å²) in [6, 6.07) is 0.998. The van der Waals surface area contributed by atoms with Crippen LogP contribution in [0.15, 0.2) is 17.2 Å². The molecule has 0 bridgehead atoms. The third kappa shape index (κ3) is 3.88. The summed E-state index contributed by atoms with van der Waals surface area (Å²) in [4.78, 5) is 24.5. The summed E-state index contributed by atoms with van der Waals surface area (Å²) in [6.45, 7) is 8.09. The van der Waals surface area contributed by atoms with E-state index in [4.69, 9.17) is 9.47 Å². The van der Waals surface area contributed by atoms with Gasteiger partial charge in [0.2, 0.25) is 0 Å². The number of aromatic carboxylic acids is 1. The fourth-order valence-corrected chi connectivity index (χ4v) is 3.56. The lowest BCUT2D eigenvalue weighted by Gasteiger charge is -2.16. The molecule has 0 spiro atoms. The molecule has 3 rings (SSSR count). The molecule has 2 N–H and O–H groups in total. The summed E-state index contributed by atoms with van der Waals surface area (Å²) in [5, 5.41) is 17.1. The minimum absolute atomic E-state index is 0.0135. The van der Waals surface area contributed by atoms with Crippen LogP contribution in [-0.2, 0) is 16.2 Å². The Bertz CT molecular complexity index is 864. The lowest BCUT2D eigenvalue weighted by Crippen LogP contribution is -2.32. The van der Waals surface area contributed by atoms with E-state index < -0.39 is 14.0 Å². The van der Waals surface area contributed by atoms with E-state index in [2.05, 4.69) is 30.1 Å². The molecule has 2 aromatic rings. The molecule has 142 valence electrons. The lowest BCUT2D eigenvalue weighted by atomic mass is 10.2. The van der Waals surface area contributed by atoms with Crippen molar-refractivity contribution >= 4 is 24.9 Å². The molecule has 0 saturated carbocycles. The molecule has 1 unspecified atom stereocenters. The van der Waals surface area contributed by atoms with Gasteiger partial charge >= 0.3 is 5.97 Å². The predicted octanol–water partition coefficient (Wildman–Crippen LogP) is 1.28. The van der Waals surface area contributed by atoms with Gasteiger partial charge in [0, 0.05) is 20.9 Å².